The van der Waals surface area contributed by atoms with Crippen LogP contribution in [0.1, 0.15) is 15.9 Å². The monoisotopic (exact) mass is 508 g/mol. The van der Waals surface area contributed by atoms with E-state index in [4.69, 9.17) is 14.2 Å². The average Bonchev–Trinajstić information content (AvgIpc) is 2.93. The maximum absolute atomic E-state index is 10.8. The van der Waals surface area contributed by atoms with Gasteiger partial charge in [-0.2, -0.15) is 0 Å². The summed E-state index contributed by atoms with van der Waals surface area (Å²) in [4.78, 5) is 10.8. The number of carbonyl (C=O) groups is 1. The molecule has 2 aromatic rings. The molecule has 1 heterocycles. The minimum Gasteiger partial charge on any atom is -0.487 e. The van der Waals surface area contributed by atoms with E-state index in [9.17, 15) is 4.79 Å². The zero-order valence-corrected chi connectivity index (χ0v) is 15.1. The Hall–Kier alpha value is -1.03. The molecule has 0 N–H and O–H groups in total. The van der Waals surface area contributed by atoms with Crippen LogP contribution < -0.4 is 14.2 Å². The molecule has 4 nitrogen and oxygen atoms in total. The van der Waals surface area contributed by atoms with Crippen molar-refractivity contribution >= 4 is 51.5 Å². The van der Waals surface area contributed by atoms with E-state index in [1.807, 2.05) is 30.3 Å². The fourth-order valence-corrected chi connectivity index (χ4v) is 4.10. The van der Waals surface area contributed by atoms with Crippen molar-refractivity contribution in [2.75, 3.05) is 6.79 Å². The number of benzene rings is 2. The molecule has 0 amide bonds. The van der Waals surface area contributed by atoms with Crippen molar-refractivity contribution in [3.8, 4) is 17.2 Å². The highest BCUT2D eigenvalue weighted by atomic mass is 127. The number of hydrogen-bond acceptors (Lipinski definition) is 4. The highest BCUT2D eigenvalue weighted by Gasteiger charge is 2.14. The molecular formula is C15H10I2O4. The lowest BCUT2D eigenvalue weighted by Crippen LogP contribution is -2.00. The van der Waals surface area contributed by atoms with Crippen LogP contribution in [-0.4, -0.2) is 13.1 Å². The van der Waals surface area contributed by atoms with Gasteiger partial charge < -0.3 is 14.2 Å². The zero-order valence-electron chi connectivity index (χ0n) is 10.8. The minimum absolute atomic E-state index is 0.266. The highest BCUT2D eigenvalue weighted by molar-refractivity contribution is 14.1. The first-order valence-corrected chi connectivity index (χ1v) is 8.28. The van der Waals surface area contributed by atoms with Gasteiger partial charge in [0.2, 0.25) is 6.79 Å². The van der Waals surface area contributed by atoms with Crippen molar-refractivity contribution in [2.45, 2.75) is 6.61 Å². The molecule has 0 saturated carbocycles. The number of hydrogen-bond donors (Lipinski definition) is 0. The van der Waals surface area contributed by atoms with Crippen molar-refractivity contribution < 1.29 is 19.0 Å². The van der Waals surface area contributed by atoms with Crippen LogP contribution in [0.5, 0.6) is 17.2 Å². The average molecular weight is 508 g/mol. The molecule has 0 fully saturated rings. The molecular weight excluding hydrogens is 498 g/mol. The van der Waals surface area contributed by atoms with Crippen LogP contribution in [0.2, 0.25) is 0 Å². The fraction of sp³-hybridized carbons (Fsp3) is 0.133. The maximum atomic E-state index is 10.8. The fourth-order valence-electron chi connectivity index (χ4n) is 1.97. The largest absolute Gasteiger partial charge is 0.487 e. The topological polar surface area (TPSA) is 44.8 Å². The maximum Gasteiger partial charge on any atom is 0.231 e. The summed E-state index contributed by atoms with van der Waals surface area (Å²) in [5.41, 5.74) is 1.66. The molecule has 0 unspecified atom stereocenters. The summed E-state index contributed by atoms with van der Waals surface area (Å²) in [7, 11) is 0. The quantitative estimate of drug-likeness (QED) is 0.463. The normalized spacial score (nSPS) is 12.3. The second-order valence-electron chi connectivity index (χ2n) is 4.41. The van der Waals surface area contributed by atoms with Gasteiger partial charge in [-0.3, -0.25) is 4.79 Å². The van der Waals surface area contributed by atoms with Crippen LogP contribution in [0.15, 0.2) is 30.3 Å². The number of aldehydes is 1. The van der Waals surface area contributed by atoms with Crippen LogP contribution in [-0.2, 0) is 6.61 Å². The van der Waals surface area contributed by atoms with E-state index in [1.165, 1.54) is 0 Å². The molecule has 0 aliphatic carbocycles. The van der Waals surface area contributed by atoms with Crippen molar-refractivity contribution in [1.29, 1.82) is 0 Å². The van der Waals surface area contributed by atoms with Crippen molar-refractivity contribution in [2.24, 2.45) is 0 Å². The van der Waals surface area contributed by atoms with Crippen LogP contribution in [0.4, 0.5) is 0 Å². The Balaban J connectivity index is 1.77. The first-order chi connectivity index (χ1) is 10.2. The molecule has 0 atom stereocenters. The molecule has 0 aromatic heterocycles. The smallest absolute Gasteiger partial charge is 0.231 e. The molecule has 0 bridgehead atoms. The Morgan fingerprint density at radius 2 is 1.81 bits per heavy atom. The van der Waals surface area contributed by atoms with Gasteiger partial charge in [-0.15, -0.1) is 0 Å². The van der Waals surface area contributed by atoms with Crippen LogP contribution >= 0.6 is 45.2 Å². The van der Waals surface area contributed by atoms with Gasteiger partial charge in [-0.1, -0.05) is 6.07 Å². The molecule has 3 rings (SSSR count). The molecule has 2 aromatic carbocycles. The lowest BCUT2D eigenvalue weighted by Gasteiger charge is -2.11. The van der Waals surface area contributed by atoms with E-state index >= 15 is 0 Å². The molecule has 0 radical (unpaired) electrons. The number of halogens is 2. The molecule has 1 aliphatic heterocycles. The van der Waals surface area contributed by atoms with E-state index in [2.05, 4.69) is 45.2 Å². The summed E-state index contributed by atoms with van der Waals surface area (Å²) in [5.74, 6) is 2.30. The summed E-state index contributed by atoms with van der Waals surface area (Å²) in [6, 6.07) is 9.37. The Bertz CT molecular complexity index is 677. The summed E-state index contributed by atoms with van der Waals surface area (Å²) in [6.45, 7) is 0.700. The Labute approximate surface area is 149 Å². The predicted molar refractivity (Wildman–Crippen MR) is 94.2 cm³/mol. The number of fused-ring (bicyclic) bond motifs is 1. The van der Waals surface area contributed by atoms with Gasteiger partial charge >= 0.3 is 0 Å². The molecule has 1 aliphatic rings. The Morgan fingerprint density at radius 1 is 1.10 bits per heavy atom. The van der Waals surface area contributed by atoms with Gasteiger partial charge in [0.05, 0.1) is 7.14 Å². The molecule has 6 heteroatoms. The van der Waals surface area contributed by atoms with Gasteiger partial charge in [0, 0.05) is 5.56 Å². The molecule has 108 valence electrons. The summed E-state index contributed by atoms with van der Waals surface area (Å²) < 4.78 is 18.4. The van der Waals surface area contributed by atoms with E-state index in [1.54, 1.807) is 0 Å². The third-order valence-electron chi connectivity index (χ3n) is 2.98. The van der Waals surface area contributed by atoms with E-state index in [0.717, 1.165) is 36.2 Å². The molecule has 0 spiro atoms. The zero-order chi connectivity index (χ0) is 14.8. The minimum atomic E-state index is 0.266. The van der Waals surface area contributed by atoms with Gasteiger partial charge in [0.15, 0.2) is 11.5 Å². The second-order valence-corrected chi connectivity index (χ2v) is 6.73. The van der Waals surface area contributed by atoms with Gasteiger partial charge in [0.1, 0.15) is 18.6 Å². The third-order valence-corrected chi connectivity index (χ3v) is 4.58. The summed E-state index contributed by atoms with van der Waals surface area (Å²) in [6.07, 6.45) is 0.839. The number of ether oxygens (including phenoxy) is 3. The molecule has 0 saturated heterocycles. The Morgan fingerprint density at radius 3 is 2.52 bits per heavy atom. The Kier molecular flexibility index (Phi) is 4.53. The van der Waals surface area contributed by atoms with Crippen molar-refractivity contribution in [3.05, 3.63) is 48.6 Å². The van der Waals surface area contributed by atoms with Crippen molar-refractivity contribution in [1.82, 2.24) is 0 Å². The van der Waals surface area contributed by atoms with Gasteiger partial charge in [-0.05, 0) is 75.0 Å². The van der Waals surface area contributed by atoms with Gasteiger partial charge in [0.25, 0.3) is 0 Å². The predicted octanol–water partition coefficient (Wildman–Crippen LogP) is 4.02. The van der Waals surface area contributed by atoms with E-state index in [0.29, 0.717) is 12.2 Å². The lowest BCUT2D eigenvalue weighted by molar-refractivity contribution is 0.112. The number of carbonyl (C=O) groups excluding carboxylic acids is 1. The second kappa shape index (κ2) is 6.39. The first kappa shape index (κ1) is 14.9. The SMILES string of the molecule is O=Cc1cc(I)c(OCc2ccc3c(c2)OCO3)c(I)c1. The lowest BCUT2D eigenvalue weighted by atomic mass is 10.2. The first-order valence-electron chi connectivity index (χ1n) is 6.13. The van der Waals surface area contributed by atoms with Crippen LogP contribution in [0.3, 0.4) is 0 Å². The third kappa shape index (κ3) is 3.25. The number of rotatable bonds is 4. The van der Waals surface area contributed by atoms with E-state index < -0.39 is 0 Å². The summed E-state index contributed by atoms with van der Waals surface area (Å²) >= 11 is 4.35. The standard InChI is InChI=1S/C15H10I2O4/c16-11-3-10(6-18)4-12(17)15(11)19-7-9-1-2-13-14(5-9)21-8-20-13/h1-6H,7-8H2. The van der Waals surface area contributed by atoms with Crippen molar-refractivity contribution in [3.63, 3.8) is 0 Å². The molecule has 21 heavy (non-hydrogen) atoms. The van der Waals surface area contributed by atoms with E-state index in [-0.39, 0.29) is 6.79 Å². The van der Waals surface area contributed by atoms with Crippen LogP contribution in [0.25, 0.3) is 0 Å². The summed E-state index contributed by atoms with van der Waals surface area (Å²) in [5, 5.41) is 0. The van der Waals surface area contributed by atoms with Crippen LogP contribution in [0, 0.1) is 7.14 Å². The van der Waals surface area contributed by atoms with Gasteiger partial charge in [-0.25, -0.2) is 0 Å². The highest BCUT2D eigenvalue weighted by Crippen LogP contribution is 2.34.